The number of aliphatic hydroxyl groups excluding tert-OH is 1. The van der Waals surface area contributed by atoms with Crippen molar-refractivity contribution < 1.29 is 32.9 Å². The molecule has 0 saturated carbocycles. The van der Waals surface area contributed by atoms with E-state index < -0.39 is 20.0 Å². The maximum absolute atomic E-state index is 12.2. The minimum absolute atomic E-state index is 0.0745. The summed E-state index contributed by atoms with van der Waals surface area (Å²) in [6, 6.07) is -0.749. The Kier molecular flexibility index (Phi) is 24.7. The first-order valence-corrected chi connectivity index (χ1v) is 17.9. The van der Waals surface area contributed by atoms with Gasteiger partial charge in [0.1, 0.15) is 13.2 Å². The topological polar surface area (TPSA) is 105 Å². The molecule has 0 aromatic rings. The number of nitrogens with zero attached hydrogens (tertiary/aromatic N) is 1. The second-order valence-corrected chi connectivity index (χ2v) is 14.0. The summed E-state index contributed by atoms with van der Waals surface area (Å²) >= 11 is 0. The molecule has 3 N–H and O–H groups in total. The number of phosphoric ester groups is 1. The van der Waals surface area contributed by atoms with Gasteiger partial charge in [0.05, 0.1) is 39.9 Å². The van der Waals surface area contributed by atoms with Crippen molar-refractivity contribution in [3.05, 3.63) is 0 Å². The number of likely N-dealkylation sites (N-methyl/N-ethyl adjacent to an activating group) is 1. The summed E-state index contributed by atoms with van der Waals surface area (Å²) in [4.78, 5) is 21.9. The van der Waals surface area contributed by atoms with E-state index in [1.807, 2.05) is 21.1 Å². The zero-order valence-electron chi connectivity index (χ0n) is 26.8. The third kappa shape index (κ3) is 26.4. The maximum atomic E-state index is 12.2. The van der Waals surface area contributed by atoms with Crippen molar-refractivity contribution in [1.82, 2.24) is 5.32 Å². The first-order valence-electron chi connectivity index (χ1n) is 16.4. The van der Waals surface area contributed by atoms with Crippen molar-refractivity contribution in [1.29, 1.82) is 0 Å². The molecule has 0 aliphatic rings. The molecule has 3 atom stereocenters. The van der Waals surface area contributed by atoms with Crippen LogP contribution >= 0.6 is 7.82 Å². The molecule has 1 amide bonds. The minimum atomic E-state index is -4.26. The number of hydrogen-bond donors (Lipinski definition) is 3. The highest BCUT2D eigenvalue weighted by Crippen LogP contribution is 2.43. The molecule has 0 fully saturated rings. The van der Waals surface area contributed by atoms with Crippen LogP contribution < -0.4 is 5.32 Å². The van der Waals surface area contributed by atoms with Gasteiger partial charge in [0.25, 0.3) is 0 Å². The average Bonchev–Trinajstić information content (AvgIpc) is 2.89. The largest absolute Gasteiger partial charge is 0.472 e. The van der Waals surface area contributed by atoms with Gasteiger partial charge in [0.2, 0.25) is 5.91 Å². The number of carbonyl (C=O) groups excluding carboxylic acids is 1. The van der Waals surface area contributed by atoms with E-state index in [0.717, 1.165) is 19.3 Å². The van der Waals surface area contributed by atoms with Gasteiger partial charge in [-0.15, -0.1) is 0 Å². The van der Waals surface area contributed by atoms with Crippen molar-refractivity contribution in [2.75, 3.05) is 40.9 Å². The quantitative estimate of drug-likeness (QED) is 0.0471. The van der Waals surface area contributed by atoms with Gasteiger partial charge in [-0.05, 0) is 6.42 Å². The van der Waals surface area contributed by atoms with Gasteiger partial charge < -0.3 is 19.8 Å². The van der Waals surface area contributed by atoms with Crippen molar-refractivity contribution in [2.45, 2.75) is 154 Å². The Hall–Kier alpha value is -0.500. The second-order valence-electron chi connectivity index (χ2n) is 12.5. The Morgan fingerprint density at radius 1 is 0.750 bits per heavy atom. The molecule has 0 rings (SSSR count). The van der Waals surface area contributed by atoms with Gasteiger partial charge in [-0.25, -0.2) is 4.57 Å². The van der Waals surface area contributed by atoms with E-state index >= 15 is 0 Å². The summed E-state index contributed by atoms with van der Waals surface area (Å²) in [5, 5.41) is 13.4. The maximum Gasteiger partial charge on any atom is 0.472 e. The van der Waals surface area contributed by atoms with Crippen molar-refractivity contribution in [3.8, 4) is 0 Å². The summed E-state index contributed by atoms with van der Waals surface area (Å²) < 4.78 is 23.0. The zero-order chi connectivity index (χ0) is 30.1. The Labute approximate surface area is 247 Å². The Morgan fingerprint density at radius 3 is 1.57 bits per heavy atom. The number of unbranched alkanes of at least 4 members (excludes halogenated alkanes) is 17. The molecule has 0 heterocycles. The van der Waals surface area contributed by atoms with Crippen LogP contribution in [0.25, 0.3) is 0 Å². The van der Waals surface area contributed by atoms with Crippen LogP contribution in [0.3, 0.4) is 0 Å². The molecule has 0 radical (unpaired) electrons. The smallest absolute Gasteiger partial charge is 0.391 e. The van der Waals surface area contributed by atoms with Crippen LogP contribution in [0.4, 0.5) is 0 Å². The Morgan fingerprint density at radius 2 is 1.18 bits per heavy atom. The number of carbonyl (C=O) groups is 1. The van der Waals surface area contributed by atoms with Gasteiger partial charge in [0, 0.05) is 6.42 Å². The third-order valence-corrected chi connectivity index (χ3v) is 8.40. The molecule has 9 heteroatoms. The van der Waals surface area contributed by atoms with Gasteiger partial charge in [-0.1, -0.05) is 129 Å². The lowest BCUT2D eigenvalue weighted by Gasteiger charge is -2.26. The molecular weight excluding hydrogens is 527 g/mol. The summed E-state index contributed by atoms with van der Waals surface area (Å²) in [5.41, 5.74) is 0. The molecule has 0 saturated heterocycles. The fourth-order valence-corrected chi connectivity index (χ4v) is 5.39. The molecule has 240 valence electrons. The predicted molar refractivity (Wildman–Crippen MR) is 166 cm³/mol. The molecule has 0 aromatic carbocycles. The average molecular weight is 594 g/mol. The van der Waals surface area contributed by atoms with E-state index in [1.54, 1.807) is 6.92 Å². The van der Waals surface area contributed by atoms with Crippen LogP contribution in [-0.2, 0) is 18.4 Å². The number of nitrogens with one attached hydrogen (secondary N) is 1. The van der Waals surface area contributed by atoms with Gasteiger partial charge in [-0.3, -0.25) is 13.8 Å². The molecule has 3 unspecified atom stereocenters. The molecular formula is C31H66N2O6P+. The van der Waals surface area contributed by atoms with Gasteiger partial charge in [0.15, 0.2) is 0 Å². The molecule has 0 aromatic heterocycles. The van der Waals surface area contributed by atoms with E-state index in [4.69, 9.17) is 9.05 Å². The molecule has 0 bridgehead atoms. The lowest BCUT2D eigenvalue weighted by Crippen LogP contribution is -2.46. The zero-order valence-corrected chi connectivity index (χ0v) is 27.7. The Bertz CT molecular complexity index is 644. The minimum Gasteiger partial charge on any atom is -0.391 e. The van der Waals surface area contributed by atoms with Crippen LogP contribution in [-0.4, -0.2) is 73.4 Å². The fourth-order valence-electron chi connectivity index (χ4n) is 4.66. The monoisotopic (exact) mass is 593 g/mol. The summed E-state index contributed by atoms with van der Waals surface area (Å²) in [6.45, 7) is 4.34. The summed E-state index contributed by atoms with van der Waals surface area (Å²) in [7, 11) is 1.61. The summed E-state index contributed by atoms with van der Waals surface area (Å²) in [5.74, 6) is -0.232. The SMILES string of the molecule is CCCCCCCCCCCCCCCCCCCCC(O)C(COP(=O)(O)OCC[N+](C)(C)C)NC(=O)CC. The number of quaternary nitrogens is 1. The first-order chi connectivity index (χ1) is 19.0. The number of phosphoric acid groups is 1. The predicted octanol–water partition coefficient (Wildman–Crippen LogP) is 7.51. The standard InChI is InChI=1S/C31H65N2O6P/c1-6-8-9-10-11-12-13-14-15-16-17-18-19-20-21-22-23-24-25-30(34)29(32-31(35)7-2)28-39-40(36,37)38-27-26-33(3,4)5/h29-30,34H,6-28H2,1-5H3,(H-,32,35,36,37)/p+1. The Balaban J connectivity index is 3.92. The summed E-state index contributed by atoms with van der Waals surface area (Å²) in [6.07, 6.45) is 23.4. The van der Waals surface area contributed by atoms with Gasteiger partial charge >= 0.3 is 7.82 Å². The van der Waals surface area contributed by atoms with Crippen molar-refractivity contribution >= 4 is 13.7 Å². The highest BCUT2D eigenvalue weighted by atomic mass is 31.2. The third-order valence-electron chi connectivity index (χ3n) is 7.42. The van der Waals surface area contributed by atoms with E-state index in [1.165, 1.54) is 96.3 Å². The molecule has 0 spiro atoms. The number of rotatable bonds is 29. The molecule has 0 aliphatic carbocycles. The van der Waals surface area contributed by atoms with E-state index in [0.29, 0.717) is 17.4 Å². The lowest BCUT2D eigenvalue weighted by molar-refractivity contribution is -0.870. The van der Waals surface area contributed by atoms with E-state index in [2.05, 4.69) is 12.2 Å². The highest BCUT2D eigenvalue weighted by Gasteiger charge is 2.28. The number of amides is 1. The van der Waals surface area contributed by atoms with Crippen molar-refractivity contribution in [3.63, 3.8) is 0 Å². The first kappa shape index (κ1) is 39.5. The van der Waals surface area contributed by atoms with Crippen LogP contribution in [0.5, 0.6) is 0 Å². The highest BCUT2D eigenvalue weighted by molar-refractivity contribution is 7.47. The number of hydrogen-bond acceptors (Lipinski definition) is 5. The molecule has 0 aliphatic heterocycles. The van der Waals surface area contributed by atoms with Gasteiger partial charge in [-0.2, -0.15) is 0 Å². The number of aliphatic hydroxyl groups is 1. The van der Waals surface area contributed by atoms with Crippen LogP contribution in [0.2, 0.25) is 0 Å². The van der Waals surface area contributed by atoms with E-state index in [9.17, 15) is 19.4 Å². The normalized spacial score (nSPS) is 15.1. The van der Waals surface area contributed by atoms with Crippen LogP contribution in [0.1, 0.15) is 142 Å². The second kappa shape index (κ2) is 25.0. The molecule has 8 nitrogen and oxygen atoms in total. The van der Waals surface area contributed by atoms with Crippen molar-refractivity contribution in [2.24, 2.45) is 0 Å². The lowest BCUT2D eigenvalue weighted by atomic mass is 10.0. The van der Waals surface area contributed by atoms with Crippen LogP contribution in [0.15, 0.2) is 0 Å². The molecule has 40 heavy (non-hydrogen) atoms. The van der Waals surface area contributed by atoms with Crippen LogP contribution in [0, 0.1) is 0 Å². The van der Waals surface area contributed by atoms with E-state index in [-0.39, 0.29) is 25.5 Å². The fraction of sp³-hybridized carbons (Fsp3) is 0.968.